The Bertz CT molecular complexity index is 764. The lowest BCUT2D eigenvalue weighted by molar-refractivity contribution is -0.134. The van der Waals surface area contributed by atoms with Gasteiger partial charge in [-0.25, -0.2) is 14.8 Å². The number of anilines is 1. The molecule has 3 amide bonds. The van der Waals surface area contributed by atoms with E-state index in [1.54, 1.807) is 13.0 Å². The van der Waals surface area contributed by atoms with Crippen molar-refractivity contribution in [3.05, 3.63) is 54.6 Å². The predicted molar refractivity (Wildman–Crippen MR) is 90.8 cm³/mol. The number of carbonyl (C=O) groups excluding carboxylic acids is 2. The van der Waals surface area contributed by atoms with Gasteiger partial charge in [0.25, 0.3) is 5.91 Å². The van der Waals surface area contributed by atoms with Gasteiger partial charge in [0.2, 0.25) is 0 Å². The Morgan fingerprint density at radius 1 is 1.04 bits per heavy atom. The van der Waals surface area contributed by atoms with Crippen molar-refractivity contribution < 1.29 is 9.59 Å². The maximum Gasteiger partial charge on any atom is 0.340 e. The number of allylic oxidation sites excluding steroid dienone is 1. The zero-order valence-electron chi connectivity index (χ0n) is 13.0. The third-order valence-electron chi connectivity index (χ3n) is 3.86. The van der Waals surface area contributed by atoms with E-state index in [9.17, 15) is 9.59 Å². The van der Waals surface area contributed by atoms with Gasteiger partial charge in [-0.3, -0.25) is 4.79 Å². The highest BCUT2D eigenvalue weighted by Gasteiger charge is 2.29. The van der Waals surface area contributed by atoms with Crippen molar-refractivity contribution in [3.63, 3.8) is 0 Å². The molecule has 0 aromatic heterocycles. The van der Waals surface area contributed by atoms with Gasteiger partial charge in [0.15, 0.2) is 0 Å². The molecule has 5 nitrogen and oxygen atoms in total. The van der Waals surface area contributed by atoms with E-state index in [-0.39, 0.29) is 11.9 Å². The molecule has 0 atom stereocenters. The molecule has 0 saturated carbocycles. The summed E-state index contributed by atoms with van der Waals surface area (Å²) in [6.45, 7) is 2.89. The van der Waals surface area contributed by atoms with Crippen LogP contribution in [0.3, 0.4) is 0 Å². The van der Waals surface area contributed by atoms with E-state index in [4.69, 9.17) is 0 Å². The summed E-state index contributed by atoms with van der Waals surface area (Å²) >= 11 is 0. The molecule has 5 heteroatoms. The van der Waals surface area contributed by atoms with Crippen molar-refractivity contribution in [2.24, 2.45) is 0 Å². The highest BCUT2D eigenvalue weighted by atomic mass is 16.2. The fraction of sp³-hybridized carbons (Fsp3) is 0.222. The van der Waals surface area contributed by atoms with Crippen molar-refractivity contribution in [2.75, 3.05) is 18.4 Å². The molecule has 1 aliphatic heterocycles. The summed E-state index contributed by atoms with van der Waals surface area (Å²) in [5.74, 6) is -0.168. The largest absolute Gasteiger partial charge is 0.340 e. The van der Waals surface area contributed by atoms with Crippen LogP contribution < -0.4 is 5.32 Å². The van der Waals surface area contributed by atoms with Crippen molar-refractivity contribution >= 4 is 28.4 Å². The van der Waals surface area contributed by atoms with Crippen LogP contribution >= 0.6 is 0 Å². The van der Waals surface area contributed by atoms with E-state index in [2.05, 4.69) is 5.32 Å². The van der Waals surface area contributed by atoms with Gasteiger partial charge in [-0.15, -0.1) is 0 Å². The number of hydrazine groups is 1. The first kappa shape index (κ1) is 15.1. The maximum atomic E-state index is 12.6. The molecule has 1 heterocycles. The Hall–Kier alpha value is -2.82. The number of benzene rings is 2. The molecule has 3 rings (SSSR count). The highest BCUT2D eigenvalue weighted by molar-refractivity contribution is 6.02. The first-order valence-electron chi connectivity index (χ1n) is 7.71. The number of nitrogens with zero attached hydrogens (tertiary/aromatic N) is 2. The maximum absolute atomic E-state index is 12.6. The summed E-state index contributed by atoms with van der Waals surface area (Å²) < 4.78 is 0. The van der Waals surface area contributed by atoms with Gasteiger partial charge < -0.3 is 5.32 Å². The number of rotatable bonds is 2. The van der Waals surface area contributed by atoms with E-state index in [0.717, 1.165) is 22.9 Å². The molecule has 0 unspecified atom stereocenters. The van der Waals surface area contributed by atoms with Crippen molar-refractivity contribution in [1.29, 1.82) is 0 Å². The Balaban J connectivity index is 1.82. The van der Waals surface area contributed by atoms with Crippen LogP contribution in [-0.4, -0.2) is 35.0 Å². The number of amides is 3. The number of hydrogen-bond acceptors (Lipinski definition) is 2. The minimum Gasteiger partial charge on any atom is -0.306 e. The lowest BCUT2D eigenvalue weighted by Crippen LogP contribution is -2.46. The average Bonchev–Trinajstić information content (AvgIpc) is 3.05. The topological polar surface area (TPSA) is 52.7 Å². The third kappa shape index (κ3) is 3.04. The van der Waals surface area contributed by atoms with Crippen LogP contribution in [0.1, 0.15) is 13.3 Å². The lowest BCUT2D eigenvalue weighted by Gasteiger charge is -2.27. The molecule has 0 spiro atoms. The summed E-state index contributed by atoms with van der Waals surface area (Å²) in [7, 11) is 0. The summed E-state index contributed by atoms with van der Waals surface area (Å²) in [5, 5.41) is 7.93. The zero-order chi connectivity index (χ0) is 16.2. The molecule has 2 aromatic carbocycles. The Morgan fingerprint density at radius 3 is 2.61 bits per heavy atom. The van der Waals surface area contributed by atoms with Crippen LogP contribution in [0.25, 0.3) is 10.8 Å². The van der Waals surface area contributed by atoms with Gasteiger partial charge >= 0.3 is 6.03 Å². The molecule has 1 fully saturated rings. The van der Waals surface area contributed by atoms with Crippen molar-refractivity contribution in [1.82, 2.24) is 10.0 Å². The van der Waals surface area contributed by atoms with Crippen molar-refractivity contribution in [2.45, 2.75) is 13.3 Å². The normalized spacial score (nSPS) is 14.7. The monoisotopic (exact) mass is 309 g/mol. The SMILES string of the molecule is CC=CC(=O)N1CCCN1C(=O)Nc1cccc2ccccc12. The molecule has 1 aliphatic rings. The number of nitrogens with one attached hydrogen (secondary N) is 1. The van der Waals surface area contributed by atoms with Gasteiger partial charge in [0.05, 0.1) is 5.69 Å². The Labute approximate surface area is 135 Å². The molecule has 2 aromatic rings. The summed E-state index contributed by atoms with van der Waals surface area (Å²) in [6.07, 6.45) is 3.94. The van der Waals surface area contributed by atoms with E-state index < -0.39 is 0 Å². The second kappa shape index (κ2) is 6.52. The van der Waals surface area contributed by atoms with Gasteiger partial charge in [-0.05, 0) is 24.8 Å². The molecule has 0 bridgehead atoms. The number of carbonyl (C=O) groups is 2. The molecule has 1 saturated heterocycles. The fourth-order valence-electron chi connectivity index (χ4n) is 2.79. The lowest BCUT2D eigenvalue weighted by atomic mass is 10.1. The van der Waals surface area contributed by atoms with E-state index in [1.165, 1.54) is 16.1 Å². The molecule has 118 valence electrons. The number of fused-ring (bicyclic) bond motifs is 1. The fourth-order valence-corrected chi connectivity index (χ4v) is 2.79. The minimum atomic E-state index is -0.281. The van der Waals surface area contributed by atoms with Crippen LogP contribution in [0.4, 0.5) is 10.5 Å². The van der Waals surface area contributed by atoms with Crippen LogP contribution in [-0.2, 0) is 4.79 Å². The number of urea groups is 1. The van der Waals surface area contributed by atoms with Crippen LogP contribution in [0.15, 0.2) is 54.6 Å². The van der Waals surface area contributed by atoms with Crippen LogP contribution in [0, 0.1) is 0 Å². The average molecular weight is 309 g/mol. The Morgan fingerprint density at radius 2 is 1.78 bits per heavy atom. The van der Waals surface area contributed by atoms with E-state index in [0.29, 0.717) is 13.1 Å². The molecule has 0 aliphatic carbocycles. The quantitative estimate of drug-likeness (QED) is 0.864. The summed E-state index contributed by atoms with van der Waals surface area (Å²) in [4.78, 5) is 24.6. The number of hydrogen-bond donors (Lipinski definition) is 1. The molecular formula is C18H19N3O2. The van der Waals surface area contributed by atoms with Gasteiger partial charge in [-0.1, -0.05) is 42.5 Å². The first-order chi connectivity index (χ1) is 11.2. The summed E-state index contributed by atoms with van der Waals surface area (Å²) in [5.41, 5.74) is 0.749. The first-order valence-corrected chi connectivity index (χ1v) is 7.71. The van der Waals surface area contributed by atoms with Gasteiger partial charge in [-0.2, -0.15) is 0 Å². The second-order valence-electron chi connectivity index (χ2n) is 5.39. The van der Waals surface area contributed by atoms with E-state index in [1.807, 2.05) is 42.5 Å². The predicted octanol–water partition coefficient (Wildman–Crippen LogP) is 3.40. The van der Waals surface area contributed by atoms with Crippen LogP contribution in [0.5, 0.6) is 0 Å². The molecule has 0 radical (unpaired) electrons. The highest BCUT2D eigenvalue weighted by Crippen LogP contribution is 2.24. The van der Waals surface area contributed by atoms with E-state index >= 15 is 0 Å². The molecular weight excluding hydrogens is 290 g/mol. The van der Waals surface area contributed by atoms with Gasteiger partial charge in [0, 0.05) is 24.6 Å². The van der Waals surface area contributed by atoms with Crippen LogP contribution in [0.2, 0.25) is 0 Å². The molecule has 1 N–H and O–H groups in total. The van der Waals surface area contributed by atoms with Crippen molar-refractivity contribution in [3.8, 4) is 0 Å². The standard InChI is InChI=1S/C18H19N3O2/c1-2-7-17(22)20-12-6-13-21(20)18(23)19-16-11-5-9-14-8-3-4-10-15(14)16/h2-5,7-11H,6,12-13H2,1H3,(H,19,23). The zero-order valence-corrected chi connectivity index (χ0v) is 13.0. The third-order valence-corrected chi connectivity index (χ3v) is 3.86. The summed E-state index contributed by atoms with van der Waals surface area (Å²) in [6, 6.07) is 13.4. The molecule has 23 heavy (non-hydrogen) atoms. The Kier molecular flexibility index (Phi) is 4.28. The van der Waals surface area contributed by atoms with Gasteiger partial charge in [0.1, 0.15) is 0 Å². The second-order valence-corrected chi connectivity index (χ2v) is 5.39. The minimum absolute atomic E-state index is 0.168. The smallest absolute Gasteiger partial charge is 0.306 e.